The van der Waals surface area contributed by atoms with Gasteiger partial charge in [-0.2, -0.15) is 0 Å². The van der Waals surface area contributed by atoms with E-state index in [0.717, 1.165) is 12.8 Å². The molecule has 0 aromatic heterocycles. The number of hydrogen-bond donors (Lipinski definition) is 2. The zero-order valence-electron chi connectivity index (χ0n) is 24.9. The quantitative estimate of drug-likeness (QED) is 0.106. The molecule has 0 rings (SSSR count). The summed E-state index contributed by atoms with van der Waals surface area (Å²) in [7, 11) is 0. The second kappa shape index (κ2) is 34.3. The third-order valence-corrected chi connectivity index (χ3v) is 5.56. The van der Waals surface area contributed by atoms with Crippen molar-refractivity contribution in [3.8, 4) is 0 Å². The number of rotatable bonds is 34. The number of unbranched alkanes of at least 4 members (excludes halogenated alkanes) is 4. The molecule has 0 saturated carbocycles. The fourth-order valence-corrected chi connectivity index (χ4v) is 3.40. The van der Waals surface area contributed by atoms with E-state index in [2.05, 4.69) is 6.92 Å². The number of nitrogens with zero attached hydrogens (tertiary/aromatic N) is 1. The number of carbonyl (C=O) groups excluding carboxylic acids is 1. The van der Waals surface area contributed by atoms with Gasteiger partial charge in [0.1, 0.15) is 0 Å². The summed E-state index contributed by atoms with van der Waals surface area (Å²) in [5.41, 5.74) is 0. The molecule has 0 atom stereocenters. The van der Waals surface area contributed by atoms with Crippen LogP contribution in [0.25, 0.3) is 0 Å². The first kappa shape index (κ1) is 39.1. The molecule has 0 aromatic rings. The fourth-order valence-electron chi connectivity index (χ4n) is 3.40. The molecule has 0 saturated heterocycles. The predicted octanol–water partition coefficient (Wildman–Crippen LogP) is 1.29. The lowest BCUT2D eigenvalue weighted by atomic mass is 10.1. The molecule has 12 nitrogen and oxygen atoms in total. The van der Waals surface area contributed by atoms with E-state index >= 15 is 0 Å². The van der Waals surface area contributed by atoms with Gasteiger partial charge in [0.15, 0.2) is 0 Å². The van der Waals surface area contributed by atoms with Crippen LogP contribution in [0.2, 0.25) is 0 Å². The highest BCUT2D eigenvalue weighted by molar-refractivity contribution is 5.76. The van der Waals surface area contributed by atoms with Crippen LogP contribution in [0.15, 0.2) is 0 Å². The Balaban J connectivity index is 3.92. The minimum atomic E-state index is 0.0139. The summed E-state index contributed by atoms with van der Waals surface area (Å²) in [4.78, 5) is 14.6. The van der Waals surface area contributed by atoms with Crippen molar-refractivity contribution in [2.45, 2.75) is 45.4 Å². The Kier molecular flexibility index (Phi) is 33.5. The van der Waals surface area contributed by atoms with Crippen molar-refractivity contribution in [2.24, 2.45) is 0 Å². The van der Waals surface area contributed by atoms with Gasteiger partial charge in [-0.25, -0.2) is 0 Å². The average Bonchev–Trinajstić information content (AvgIpc) is 2.96. The van der Waals surface area contributed by atoms with Crippen molar-refractivity contribution in [2.75, 3.05) is 132 Å². The second-order valence-corrected chi connectivity index (χ2v) is 8.89. The molecule has 0 aromatic carbocycles. The second-order valence-electron chi connectivity index (χ2n) is 8.89. The molecule has 12 heteroatoms. The molecule has 1 amide bonds. The molecule has 0 unspecified atom stereocenters. The summed E-state index contributed by atoms with van der Waals surface area (Å²) in [6.45, 7) is 10.3. The van der Waals surface area contributed by atoms with Crippen molar-refractivity contribution in [3.63, 3.8) is 0 Å². The van der Waals surface area contributed by atoms with E-state index in [1.807, 2.05) is 4.90 Å². The van der Waals surface area contributed by atoms with Gasteiger partial charge in [0.05, 0.1) is 119 Å². The Morgan fingerprint density at radius 2 is 0.800 bits per heavy atom. The van der Waals surface area contributed by atoms with Crippen LogP contribution in [0, 0.1) is 0 Å². The zero-order chi connectivity index (χ0) is 29.2. The van der Waals surface area contributed by atoms with Crippen LogP contribution in [0.5, 0.6) is 0 Å². The van der Waals surface area contributed by atoms with Gasteiger partial charge in [0.2, 0.25) is 5.91 Å². The van der Waals surface area contributed by atoms with E-state index in [4.69, 9.17) is 48.1 Å². The molecule has 0 fully saturated rings. The third kappa shape index (κ3) is 30.0. The van der Waals surface area contributed by atoms with Gasteiger partial charge in [-0.3, -0.25) is 4.79 Å². The average molecular weight is 584 g/mol. The Morgan fingerprint density at radius 1 is 0.475 bits per heavy atom. The van der Waals surface area contributed by atoms with Gasteiger partial charge >= 0.3 is 0 Å². The van der Waals surface area contributed by atoms with Crippen LogP contribution in [-0.2, 0) is 42.7 Å². The molecule has 0 bridgehead atoms. The normalized spacial score (nSPS) is 11.4. The van der Waals surface area contributed by atoms with Crippen molar-refractivity contribution in [1.82, 2.24) is 4.90 Å². The number of ether oxygens (including phenoxy) is 8. The highest BCUT2D eigenvalue weighted by Gasteiger charge is 2.13. The standard InChI is InChI=1S/C28H57NO11/c1-2-3-4-5-6-7-28(32)29(8-12-33-16-20-37-24-26-39-22-18-35-14-10-30)9-13-34-17-21-38-25-27-40-23-19-36-15-11-31/h30-31H,2-27H2,1H3. The zero-order valence-corrected chi connectivity index (χ0v) is 24.9. The molecule has 240 valence electrons. The summed E-state index contributed by atoms with van der Waals surface area (Å²) in [6.07, 6.45) is 6.09. The highest BCUT2D eigenvalue weighted by Crippen LogP contribution is 2.07. The summed E-state index contributed by atoms with van der Waals surface area (Å²) in [5.74, 6) is 0.136. The van der Waals surface area contributed by atoms with E-state index in [9.17, 15) is 4.79 Å². The minimum absolute atomic E-state index is 0.0139. The van der Waals surface area contributed by atoms with Crippen LogP contribution in [0.4, 0.5) is 0 Å². The Bertz CT molecular complexity index is 473. The van der Waals surface area contributed by atoms with Crippen LogP contribution in [-0.4, -0.2) is 153 Å². The monoisotopic (exact) mass is 583 g/mol. The first-order valence-corrected chi connectivity index (χ1v) is 14.9. The van der Waals surface area contributed by atoms with Crippen LogP contribution in [0.1, 0.15) is 45.4 Å². The van der Waals surface area contributed by atoms with Crippen LogP contribution >= 0.6 is 0 Å². The Labute approximate surface area is 241 Å². The van der Waals surface area contributed by atoms with E-state index in [-0.39, 0.29) is 19.1 Å². The molecule has 0 radical (unpaired) electrons. The summed E-state index contributed by atoms with van der Waals surface area (Å²) in [5, 5.41) is 17.2. The third-order valence-electron chi connectivity index (χ3n) is 5.56. The molecule has 40 heavy (non-hydrogen) atoms. The molecule has 0 aliphatic rings. The van der Waals surface area contributed by atoms with E-state index < -0.39 is 0 Å². The number of amides is 1. The lowest BCUT2D eigenvalue weighted by Crippen LogP contribution is -2.37. The molecule has 0 spiro atoms. The maximum Gasteiger partial charge on any atom is 0.222 e. The van der Waals surface area contributed by atoms with E-state index in [0.29, 0.717) is 125 Å². The first-order valence-electron chi connectivity index (χ1n) is 14.9. The van der Waals surface area contributed by atoms with Gasteiger partial charge in [-0.15, -0.1) is 0 Å². The molecule has 0 heterocycles. The van der Waals surface area contributed by atoms with Crippen molar-refractivity contribution in [3.05, 3.63) is 0 Å². The van der Waals surface area contributed by atoms with Crippen molar-refractivity contribution < 1.29 is 52.9 Å². The molecular formula is C28H57NO11. The van der Waals surface area contributed by atoms with Crippen LogP contribution in [0.3, 0.4) is 0 Å². The maximum atomic E-state index is 12.8. The number of carbonyl (C=O) groups is 1. The lowest BCUT2D eigenvalue weighted by molar-refractivity contribution is -0.133. The van der Waals surface area contributed by atoms with Crippen LogP contribution < -0.4 is 0 Å². The maximum absolute atomic E-state index is 12.8. The van der Waals surface area contributed by atoms with Crippen molar-refractivity contribution >= 4 is 5.91 Å². The summed E-state index contributed by atoms with van der Waals surface area (Å²) < 4.78 is 43.3. The number of aliphatic hydroxyl groups excluding tert-OH is 2. The van der Waals surface area contributed by atoms with Gasteiger partial charge in [-0.05, 0) is 6.42 Å². The SMILES string of the molecule is CCCCCCCC(=O)N(CCOCCOCCOCCOCCO)CCOCCOCCOCCOCCO. The van der Waals surface area contributed by atoms with Gasteiger partial charge < -0.3 is 53.0 Å². The predicted molar refractivity (Wildman–Crippen MR) is 151 cm³/mol. The minimum Gasteiger partial charge on any atom is -0.394 e. The van der Waals surface area contributed by atoms with Gasteiger partial charge in [0.25, 0.3) is 0 Å². The summed E-state index contributed by atoms with van der Waals surface area (Å²) in [6, 6.07) is 0. The topological polar surface area (TPSA) is 135 Å². The summed E-state index contributed by atoms with van der Waals surface area (Å²) >= 11 is 0. The van der Waals surface area contributed by atoms with E-state index in [1.54, 1.807) is 0 Å². The Hall–Kier alpha value is -0.930. The molecule has 0 aliphatic heterocycles. The van der Waals surface area contributed by atoms with Gasteiger partial charge in [0, 0.05) is 19.5 Å². The fraction of sp³-hybridized carbons (Fsp3) is 0.964. The number of aliphatic hydroxyl groups is 2. The van der Waals surface area contributed by atoms with E-state index in [1.165, 1.54) is 19.3 Å². The largest absolute Gasteiger partial charge is 0.394 e. The number of hydrogen-bond acceptors (Lipinski definition) is 11. The molecule has 0 aliphatic carbocycles. The smallest absolute Gasteiger partial charge is 0.222 e. The molecule has 2 N–H and O–H groups in total. The molecular weight excluding hydrogens is 526 g/mol. The first-order chi connectivity index (χ1) is 19.8. The Morgan fingerprint density at radius 3 is 1.15 bits per heavy atom. The van der Waals surface area contributed by atoms with Gasteiger partial charge in [-0.1, -0.05) is 32.6 Å². The highest BCUT2D eigenvalue weighted by atomic mass is 16.6. The lowest BCUT2D eigenvalue weighted by Gasteiger charge is -2.23. The van der Waals surface area contributed by atoms with Crippen molar-refractivity contribution in [1.29, 1.82) is 0 Å².